The maximum Gasteiger partial charge on any atom is 0.273 e. The Bertz CT molecular complexity index is 809. The number of nitrogens with zero attached hydrogens (tertiary/aromatic N) is 2. The van der Waals surface area contributed by atoms with Crippen molar-refractivity contribution in [2.24, 2.45) is 0 Å². The second kappa shape index (κ2) is 5.98. The number of amides is 1. The molecule has 128 valence electrons. The summed E-state index contributed by atoms with van der Waals surface area (Å²) in [5.74, 6) is -1.91. The van der Waals surface area contributed by atoms with Gasteiger partial charge in [-0.25, -0.2) is 8.78 Å². The number of carbonyl (C=O) groups is 1. The number of benzene rings is 1. The molecule has 5 nitrogen and oxygen atoms in total. The SMILES string of the molecule is O=C(c1[nH]c2ccc(F)c(Cl)c2c1F)N1CCN2CCNCC2C1. The van der Waals surface area contributed by atoms with E-state index in [-0.39, 0.29) is 22.1 Å². The van der Waals surface area contributed by atoms with E-state index >= 15 is 0 Å². The Kier molecular flexibility index (Phi) is 3.94. The molecule has 0 saturated carbocycles. The predicted molar refractivity (Wildman–Crippen MR) is 87.4 cm³/mol. The Morgan fingerprint density at radius 1 is 1.25 bits per heavy atom. The van der Waals surface area contributed by atoms with E-state index in [0.29, 0.717) is 18.6 Å². The summed E-state index contributed by atoms with van der Waals surface area (Å²) in [4.78, 5) is 19.5. The van der Waals surface area contributed by atoms with Crippen molar-refractivity contribution >= 4 is 28.4 Å². The van der Waals surface area contributed by atoms with Crippen LogP contribution in [0.1, 0.15) is 10.5 Å². The lowest BCUT2D eigenvalue weighted by Gasteiger charge is -2.44. The molecule has 8 heteroatoms. The molecule has 1 amide bonds. The van der Waals surface area contributed by atoms with Crippen LogP contribution in [0.5, 0.6) is 0 Å². The maximum absolute atomic E-state index is 14.7. The fraction of sp³-hybridized carbons (Fsp3) is 0.438. The first-order valence-electron chi connectivity index (χ1n) is 7.95. The van der Waals surface area contributed by atoms with Crippen LogP contribution in [0.15, 0.2) is 12.1 Å². The monoisotopic (exact) mass is 354 g/mol. The van der Waals surface area contributed by atoms with Gasteiger partial charge in [0.25, 0.3) is 5.91 Å². The fourth-order valence-corrected chi connectivity index (χ4v) is 3.79. The molecule has 24 heavy (non-hydrogen) atoms. The van der Waals surface area contributed by atoms with Crippen molar-refractivity contribution in [1.29, 1.82) is 0 Å². The number of nitrogens with one attached hydrogen (secondary N) is 2. The summed E-state index contributed by atoms with van der Waals surface area (Å²) in [6, 6.07) is 2.78. The van der Waals surface area contributed by atoms with Crippen molar-refractivity contribution in [2.75, 3.05) is 39.3 Å². The molecule has 2 saturated heterocycles. The number of aromatic amines is 1. The smallest absolute Gasteiger partial charge is 0.273 e. The number of rotatable bonds is 1. The normalized spacial score (nSPS) is 22.0. The Hall–Kier alpha value is -1.70. The van der Waals surface area contributed by atoms with Crippen molar-refractivity contribution in [1.82, 2.24) is 20.1 Å². The first-order valence-corrected chi connectivity index (χ1v) is 8.33. The highest BCUT2D eigenvalue weighted by molar-refractivity contribution is 6.35. The van der Waals surface area contributed by atoms with E-state index in [0.717, 1.165) is 32.2 Å². The third-order valence-corrected chi connectivity index (χ3v) is 5.22. The fourth-order valence-electron chi connectivity index (χ4n) is 3.55. The number of hydrogen-bond acceptors (Lipinski definition) is 3. The van der Waals surface area contributed by atoms with Crippen LogP contribution in [0.4, 0.5) is 8.78 Å². The summed E-state index contributed by atoms with van der Waals surface area (Å²) in [6.07, 6.45) is 0. The van der Waals surface area contributed by atoms with Crippen molar-refractivity contribution in [2.45, 2.75) is 6.04 Å². The summed E-state index contributed by atoms with van der Waals surface area (Å²) < 4.78 is 28.2. The molecule has 0 radical (unpaired) electrons. The average molecular weight is 355 g/mol. The molecule has 2 N–H and O–H groups in total. The Labute approximate surface area is 142 Å². The molecular weight excluding hydrogens is 338 g/mol. The van der Waals surface area contributed by atoms with E-state index in [1.54, 1.807) is 4.90 Å². The number of H-pyrrole nitrogens is 1. The number of aromatic nitrogens is 1. The second-order valence-electron chi connectivity index (χ2n) is 6.24. The van der Waals surface area contributed by atoms with Crippen molar-refractivity contribution in [3.05, 3.63) is 34.5 Å². The highest BCUT2D eigenvalue weighted by atomic mass is 35.5. The van der Waals surface area contributed by atoms with E-state index in [2.05, 4.69) is 15.2 Å². The van der Waals surface area contributed by atoms with Gasteiger partial charge < -0.3 is 15.2 Å². The summed E-state index contributed by atoms with van der Waals surface area (Å²) in [7, 11) is 0. The van der Waals surface area contributed by atoms with Gasteiger partial charge in [0, 0.05) is 45.3 Å². The topological polar surface area (TPSA) is 51.4 Å². The summed E-state index contributed by atoms with van der Waals surface area (Å²) in [5.41, 5.74) is 0.162. The van der Waals surface area contributed by atoms with Crippen LogP contribution in [0.25, 0.3) is 10.9 Å². The second-order valence-corrected chi connectivity index (χ2v) is 6.62. The maximum atomic E-state index is 14.7. The molecule has 2 aromatic rings. The van der Waals surface area contributed by atoms with Crippen LogP contribution in [0.3, 0.4) is 0 Å². The van der Waals surface area contributed by atoms with Crippen molar-refractivity contribution < 1.29 is 13.6 Å². The number of piperazine rings is 2. The lowest BCUT2D eigenvalue weighted by Crippen LogP contribution is -2.62. The Morgan fingerprint density at radius 2 is 2.08 bits per heavy atom. The Balaban J connectivity index is 1.64. The van der Waals surface area contributed by atoms with Crippen LogP contribution >= 0.6 is 11.6 Å². The first kappa shape index (κ1) is 15.8. The molecule has 1 aromatic heterocycles. The van der Waals surface area contributed by atoms with E-state index in [1.165, 1.54) is 6.07 Å². The molecule has 0 aliphatic carbocycles. The first-order chi connectivity index (χ1) is 11.6. The average Bonchev–Trinajstić information content (AvgIpc) is 2.94. The lowest BCUT2D eigenvalue weighted by molar-refractivity contribution is 0.0409. The standard InChI is InChI=1S/C16H17ClF2N4O/c17-13-10(18)1-2-11-12(13)14(19)15(21-11)16(24)23-6-5-22-4-3-20-7-9(22)8-23/h1-2,9,20-21H,3-8H2. The van der Waals surface area contributed by atoms with E-state index in [1.807, 2.05) is 0 Å². The molecule has 1 aromatic carbocycles. The molecule has 2 aliphatic rings. The Morgan fingerprint density at radius 3 is 2.92 bits per heavy atom. The third-order valence-electron chi connectivity index (χ3n) is 4.85. The molecule has 0 spiro atoms. The van der Waals surface area contributed by atoms with Crippen LogP contribution < -0.4 is 5.32 Å². The van der Waals surface area contributed by atoms with Gasteiger partial charge in [-0.3, -0.25) is 9.69 Å². The van der Waals surface area contributed by atoms with Gasteiger partial charge in [-0.1, -0.05) is 11.6 Å². The van der Waals surface area contributed by atoms with E-state index in [4.69, 9.17) is 11.6 Å². The van der Waals surface area contributed by atoms with Gasteiger partial charge in [0.1, 0.15) is 11.5 Å². The van der Waals surface area contributed by atoms with Gasteiger partial charge in [-0.15, -0.1) is 0 Å². The summed E-state index contributed by atoms with van der Waals surface area (Å²) >= 11 is 5.85. The van der Waals surface area contributed by atoms with Crippen molar-refractivity contribution in [3.8, 4) is 0 Å². The molecule has 1 unspecified atom stereocenters. The minimum absolute atomic E-state index is 0.0713. The van der Waals surface area contributed by atoms with Crippen LogP contribution in [-0.2, 0) is 0 Å². The van der Waals surface area contributed by atoms with Crippen LogP contribution in [0.2, 0.25) is 5.02 Å². The van der Waals surface area contributed by atoms with Crippen LogP contribution in [-0.4, -0.2) is 66.0 Å². The lowest BCUT2D eigenvalue weighted by atomic mass is 10.1. The minimum atomic E-state index is -0.788. The van der Waals surface area contributed by atoms with E-state index in [9.17, 15) is 13.6 Å². The highest BCUT2D eigenvalue weighted by Crippen LogP contribution is 2.31. The number of fused-ring (bicyclic) bond motifs is 2. The number of halogens is 3. The number of hydrogen-bond donors (Lipinski definition) is 2. The largest absolute Gasteiger partial charge is 0.348 e. The quantitative estimate of drug-likeness (QED) is 0.821. The molecule has 3 heterocycles. The predicted octanol–water partition coefficient (Wildman–Crippen LogP) is 1.83. The van der Waals surface area contributed by atoms with Crippen molar-refractivity contribution in [3.63, 3.8) is 0 Å². The molecule has 1 atom stereocenters. The van der Waals surface area contributed by atoms with E-state index < -0.39 is 17.5 Å². The molecule has 2 aliphatic heterocycles. The van der Waals surface area contributed by atoms with Gasteiger partial charge >= 0.3 is 0 Å². The molecule has 0 bridgehead atoms. The molecule has 4 rings (SSSR count). The highest BCUT2D eigenvalue weighted by Gasteiger charge is 2.33. The van der Waals surface area contributed by atoms with Gasteiger partial charge in [0.15, 0.2) is 5.82 Å². The third kappa shape index (κ3) is 2.47. The summed E-state index contributed by atoms with van der Waals surface area (Å²) in [6.45, 7) is 4.59. The number of carbonyl (C=O) groups excluding carboxylic acids is 1. The minimum Gasteiger partial charge on any atom is -0.348 e. The van der Waals surface area contributed by atoms with Gasteiger partial charge in [-0.2, -0.15) is 0 Å². The molecular formula is C16H17ClF2N4O. The van der Waals surface area contributed by atoms with Gasteiger partial charge in [-0.05, 0) is 12.1 Å². The zero-order valence-corrected chi connectivity index (χ0v) is 13.7. The molecule has 2 fully saturated rings. The zero-order valence-electron chi connectivity index (χ0n) is 12.9. The summed E-state index contributed by atoms with van der Waals surface area (Å²) in [5, 5.41) is 2.93. The van der Waals surface area contributed by atoms with Gasteiger partial charge in [0.2, 0.25) is 0 Å². The zero-order chi connectivity index (χ0) is 16.8. The van der Waals surface area contributed by atoms with Crippen LogP contribution in [0, 0.1) is 11.6 Å². The van der Waals surface area contributed by atoms with Gasteiger partial charge in [0.05, 0.1) is 15.9 Å².